The van der Waals surface area contributed by atoms with E-state index in [-0.39, 0.29) is 11.9 Å². The minimum Gasteiger partial charge on any atom is -0.354 e. The Kier molecular flexibility index (Phi) is 8.16. The van der Waals surface area contributed by atoms with Gasteiger partial charge < -0.3 is 16.0 Å². The summed E-state index contributed by atoms with van der Waals surface area (Å²) in [7, 11) is 1.76. The van der Waals surface area contributed by atoms with E-state index in [9.17, 15) is 4.79 Å². The number of guanidine groups is 1. The van der Waals surface area contributed by atoms with Crippen LogP contribution in [0.15, 0.2) is 29.3 Å². The van der Waals surface area contributed by atoms with Crippen LogP contribution in [0.4, 0.5) is 0 Å². The van der Waals surface area contributed by atoms with Gasteiger partial charge in [-0.25, -0.2) is 0 Å². The number of amides is 1. The summed E-state index contributed by atoms with van der Waals surface area (Å²) >= 11 is 0. The molecule has 1 aromatic carbocycles. The van der Waals surface area contributed by atoms with Gasteiger partial charge in [0, 0.05) is 31.2 Å². The molecule has 0 fully saturated rings. The van der Waals surface area contributed by atoms with Gasteiger partial charge in [-0.2, -0.15) is 0 Å². The fourth-order valence-electron chi connectivity index (χ4n) is 1.95. The molecular weight excluding hydrogens is 288 g/mol. The molecule has 0 aliphatic heterocycles. The lowest BCUT2D eigenvalue weighted by Gasteiger charge is -2.17. The molecule has 0 bridgehead atoms. The van der Waals surface area contributed by atoms with Gasteiger partial charge in [-0.1, -0.05) is 26.0 Å². The van der Waals surface area contributed by atoms with E-state index in [2.05, 4.69) is 41.7 Å². The Hall–Kier alpha value is -2.04. The lowest BCUT2D eigenvalue weighted by molar-refractivity contribution is 0.0939. The predicted molar refractivity (Wildman–Crippen MR) is 96.7 cm³/mol. The molecule has 1 amide bonds. The zero-order chi connectivity index (χ0) is 17.2. The highest BCUT2D eigenvalue weighted by atomic mass is 16.1. The van der Waals surface area contributed by atoms with Crippen molar-refractivity contribution in [1.82, 2.24) is 16.0 Å². The highest BCUT2D eigenvalue weighted by molar-refractivity contribution is 5.94. The molecule has 0 radical (unpaired) electrons. The van der Waals surface area contributed by atoms with E-state index in [0.29, 0.717) is 18.2 Å². The van der Waals surface area contributed by atoms with Crippen LogP contribution in [0.5, 0.6) is 0 Å². The second kappa shape index (κ2) is 9.87. The molecule has 0 saturated heterocycles. The normalized spacial score (nSPS) is 14.0. The maximum atomic E-state index is 12.2. The second-order valence-corrected chi connectivity index (χ2v) is 5.86. The molecule has 1 aromatic rings. The van der Waals surface area contributed by atoms with Gasteiger partial charge in [0.2, 0.25) is 0 Å². The third kappa shape index (κ3) is 6.72. The third-order valence-corrected chi connectivity index (χ3v) is 3.86. The van der Waals surface area contributed by atoms with E-state index in [1.54, 1.807) is 7.05 Å². The first-order valence-electron chi connectivity index (χ1n) is 8.37. The first kappa shape index (κ1) is 19.0. The van der Waals surface area contributed by atoms with Crippen molar-refractivity contribution in [3.05, 3.63) is 35.4 Å². The molecule has 128 valence electrons. The number of carbonyl (C=O) groups is 1. The van der Waals surface area contributed by atoms with Gasteiger partial charge in [-0.05, 0) is 44.4 Å². The predicted octanol–water partition coefficient (Wildman–Crippen LogP) is 2.68. The summed E-state index contributed by atoms with van der Waals surface area (Å²) in [6.45, 7) is 8.94. The number of aliphatic imine (C=N–C) groups is 1. The maximum absolute atomic E-state index is 12.2. The van der Waals surface area contributed by atoms with Gasteiger partial charge in [0.05, 0.1) is 0 Å². The zero-order valence-electron chi connectivity index (χ0n) is 14.9. The van der Waals surface area contributed by atoms with Crippen molar-refractivity contribution >= 4 is 11.9 Å². The van der Waals surface area contributed by atoms with Crippen molar-refractivity contribution in [2.75, 3.05) is 7.05 Å². The topological polar surface area (TPSA) is 65.5 Å². The summed E-state index contributed by atoms with van der Waals surface area (Å²) in [6, 6.07) is 8.22. The molecule has 0 aliphatic carbocycles. The lowest BCUT2D eigenvalue weighted by Crippen LogP contribution is -2.41. The second-order valence-electron chi connectivity index (χ2n) is 5.86. The van der Waals surface area contributed by atoms with Gasteiger partial charge in [-0.3, -0.25) is 9.79 Å². The van der Waals surface area contributed by atoms with Crippen molar-refractivity contribution in [2.24, 2.45) is 4.99 Å². The zero-order valence-corrected chi connectivity index (χ0v) is 14.9. The van der Waals surface area contributed by atoms with Crippen LogP contribution in [0.25, 0.3) is 0 Å². The molecule has 1 rings (SSSR count). The summed E-state index contributed by atoms with van der Waals surface area (Å²) in [5.41, 5.74) is 1.74. The molecule has 5 heteroatoms. The molecule has 0 heterocycles. The van der Waals surface area contributed by atoms with Crippen LogP contribution in [0.1, 0.15) is 56.5 Å². The van der Waals surface area contributed by atoms with Crippen LogP contribution in [0, 0.1) is 0 Å². The van der Waals surface area contributed by atoms with E-state index < -0.39 is 0 Å². The Morgan fingerprint density at radius 3 is 2.39 bits per heavy atom. The number of nitrogens with one attached hydrogen (secondary N) is 3. The van der Waals surface area contributed by atoms with E-state index in [4.69, 9.17) is 0 Å². The molecule has 3 N–H and O–H groups in total. The number of hydrogen-bond acceptors (Lipinski definition) is 2. The van der Waals surface area contributed by atoms with Crippen molar-refractivity contribution in [3.63, 3.8) is 0 Å². The van der Waals surface area contributed by atoms with Gasteiger partial charge in [-0.15, -0.1) is 0 Å². The number of hydrogen-bond donors (Lipinski definition) is 3. The highest BCUT2D eigenvalue weighted by Crippen LogP contribution is 2.06. The molecule has 5 nitrogen and oxygen atoms in total. The monoisotopic (exact) mass is 318 g/mol. The molecule has 0 aromatic heterocycles. The van der Waals surface area contributed by atoms with Crippen molar-refractivity contribution in [2.45, 2.75) is 59.2 Å². The molecule has 0 spiro atoms. The van der Waals surface area contributed by atoms with Crippen molar-refractivity contribution in [3.8, 4) is 0 Å². The summed E-state index contributed by atoms with van der Waals surface area (Å²) in [4.78, 5) is 16.4. The van der Waals surface area contributed by atoms with Crippen LogP contribution in [-0.4, -0.2) is 31.0 Å². The minimum absolute atomic E-state index is 0.0247. The van der Waals surface area contributed by atoms with Crippen LogP contribution in [0.3, 0.4) is 0 Å². The summed E-state index contributed by atoms with van der Waals surface area (Å²) in [6.07, 6.45) is 1.95. The Morgan fingerprint density at radius 2 is 1.78 bits per heavy atom. The average Bonchev–Trinajstić information content (AvgIpc) is 2.58. The maximum Gasteiger partial charge on any atom is 0.251 e. The summed E-state index contributed by atoms with van der Waals surface area (Å²) < 4.78 is 0. The Balaban J connectivity index is 2.65. The van der Waals surface area contributed by atoms with Crippen LogP contribution in [0.2, 0.25) is 0 Å². The minimum atomic E-state index is -0.0247. The SMILES string of the molecule is CCC(C)NC(=O)c1cccc(CNC(=NC)NC(C)CC)c1. The van der Waals surface area contributed by atoms with Gasteiger partial charge in [0.25, 0.3) is 5.91 Å². The third-order valence-electron chi connectivity index (χ3n) is 3.86. The van der Waals surface area contributed by atoms with Crippen LogP contribution < -0.4 is 16.0 Å². The van der Waals surface area contributed by atoms with Crippen LogP contribution in [-0.2, 0) is 6.54 Å². The summed E-state index contributed by atoms with van der Waals surface area (Å²) in [5.74, 6) is 0.747. The summed E-state index contributed by atoms with van der Waals surface area (Å²) in [5, 5.41) is 9.58. The van der Waals surface area contributed by atoms with E-state index >= 15 is 0 Å². The quantitative estimate of drug-likeness (QED) is 0.535. The first-order chi connectivity index (χ1) is 11.0. The fraction of sp³-hybridized carbons (Fsp3) is 0.556. The average molecular weight is 318 g/mol. The van der Waals surface area contributed by atoms with E-state index in [1.165, 1.54) is 0 Å². The van der Waals surface area contributed by atoms with E-state index in [0.717, 1.165) is 24.4 Å². The van der Waals surface area contributed by atoms with E-state index in [1.807, 2.05) is 31.2 Å². The standard InChI is InChI=1S/C18H30N4O/c1-6-13(3)21-17(23)16-10-8-9-15(11-16)12-20-18(19-5)22-14(4)7-2/h8-11,13-14H,6-7,12H2,1-5H3,(H,21,23)(H2,19,20,22). The smallest absolute Gasteiger partial charge is 0.251 e. The number of benzene rings is 1. The Morgan fingerprint density at radius 1 is 1.13 bits per heavy atom. The molecule has 0 saturated carbocycles. The molecule has 23 heavy (non-hydrogen) atoms. The Labute approximate surface area is 140 Å². The first-order valence-corrected chi connectivity index (χ1v) is 8.37. The Bertz CT molecular complexity index is 528. The molecule has 2 unspecified atom stereocenters. The molecule has 0 aliphatic rings. The molecule has 2 atom stereocenters. The number of rotatable bonds is 7. The highest BCUT2D eigenvalue weighted by Gasteiger charge is 2.09. The van der Waals surface area contributed by atoms with Crippen molar-refractivity contribution in [1.29, 1.82) is 0 Å². The number of carbonyl (C=O) groups excluding carboxylic acids is 1. The van der Waals surface area contributed by atoms with Crippen LogP contribution >= 0.6 is 0 Å². The van der Waals surface area contributed by atoms with Gasteiger partial charge >= 0.3 is 0 Å². The fourth-order valence-corrected chi connectivity index (χ4v) is 1.95. The molecular formula is C18H30N4O. The number of nitrogens with zero attached hydrogens (tertiary/aromatic N) is 1. The van der Waals surface area contributed by atoms with Gasteiger partial charge in [0.1, 0.15) is 0 Å². The van der Waals surface area contributed by atoms with Crippen molar-refractivity contribution < 1.29 is 4.79 Å². The largest absolute Gasteiger partial charge is 0.354 e. The lowest BCUT2D eigenvalue weighted by atomic mass is 10.1. The van der Waals surface area contributed by atoms with Gasteiger partial charge in [0.15, 0.2) is 5.96 Å².